The van der Waals surface area contributed by atoms with E-state index in [1.54, 1.807) is 0 Å². The van der Waals surface area contributed by atoms with Crippen LogP contribution in [0.5, 0.6) is 0 Å². The van der Waals surface area contributed by atoms with Crippen molar-refractivity contribution in [2.24, 2.45) is 11.5 Å². The zero-order valence-electron chi connectivity index (χ0n) is 8.16. The molecule has 0 radical (unpaired) electrons. The molecular weight excluding hydrogens is 160 g/mol. The van der Waals surface area contributed by atoms with Crippen molar-refractivity contribution in [1.82, 2.24) is 0 Å². The van der Waals surface area contributed by atoms with Crippen LogP contribution < -0.4 is 11.5 Å². The van der Waals surface area contributed by atoms with Crippen LogP contribution in [-0.4, -0.2) is 6.54 Å². The SMILES string of the molecule is Cc1ccccc1C(N)CCCN. The van der Waals surface area contributed by atoms with Gasteiger partial charge in [-0.2, -0.15) is 0 Å². The highest BCUT2D eigenvalue weighted by Crippen LogP contribution is 2.18. The second-order valence-corrected chi connectivity index (χ2v) is 3.39. The second kappa shape index (κ2) is 5.00. The monoisotopic (exact) mass is 178 g/mol. The minimum atomic E-state index is 0.143. The number of aryl methyl sites for hydroxylation is 1. The predicted octanol–water partition coefficient (Wildman–Crippen LogP) is 1.73. The number of rotatable bonds is 4. The van der Waals surface area contributed by atoms with E-state index >= 15 is 0 Å². The van der Waals surface area contributed by atoms with Gasteiger partial charge in [0.1, 0.15) is 0 Å². The summed E-state index contributed by atoms with van der Waals surface area (Å²) in [6.45, 7) is 2.82. The highest BCUT2D eigenvalue weighted by Gasteiger charge is 2.06. The average molecular weight is 178 g/mol. The Labute approximate surface area is 79.9 Å². The molecule has 1 unspecified atom stereocenters. The van der Waals surface area contributed by atoms with Crippen LogP contribution in [0.2, 0.25) is 0 Å². The summed E-state index contributed by atoms with van der Waals surface area (Å²) < 4.78 is 0. The van der Waals surface area contributed by atoms with Gasteiger partial charge in [0.25, 0.3) is 0 Å². The van der Waals surface area contributed by atoms with Crippen molar-refractivity contribution in [2.45, 2.75) is 25.8 Å². The molecule has 72 valence electrons. The normalized spacial score (nSPS) is 12.8. The molecule has 0 heterocycles. The number of hydrogen-bond donors (Lipinski definition) is 2. The average Bonchev–Trinajstić information content (AvgIpc) is 2.15. The molecule has 2 heteroatoms. The van der Waals surface area contributed by atoms with Gasteiger partial charge in [-0.05, 0) is 37.4 Å². The molecule has 1 aromatic rings. The lowest BCUT2D eigenvalue weighted by Crippen LogP contribution is -2.13. The third kappa shape index (κ3) is 2.83. The third-order valence-electron chi connectivity index (χ3n) is 2.31. The van der Waals surface area contributed by atoms with Crippen molar-refractivity contribution in [3.8, 4) is 0 Å². The van der Waals surface area contributed by atoms with Gasteiger partial charge in [0.2, 0.25) is 0 Å². The number of nitrogens with two attached hydrogens (primary N) is 2. The van der Waals surface area contributed by atoms with E-state index in [4.69, 9.17) is 11.5 Å². The fourth-order valence-electron chi connectivity index (χ4n) is 1.50. The maximum atomic E-state index is 6.03. The van der Waals surface area contributed by atoms with Gasteiger partial charge in [0, 0.05) is 6.04 Å². The summed E-state index contributed by atoms with van der Waals surface area (Å²) >= 11 is 0. The lowest BCUT2D eigenvalue weighted by Gasteiger charge is -2.13. The smallest absolute Gasteiger partial charge is 0.0297 e. The molecule has 0 spiro atoms. The zero-order chi connectivity index (χ0) is 9.68. The van der Waals surface area contributed by atoms with Crippen LogP contribution in [0.15, 0.2) is 24.3 Å². The van der Waals surface area contributed by atoms with E-state index in [9.17, 15) is 0 Å². The van der Waals surface area contributed by atoms with Crippen LogP contribution in [-0.2, 0) is 0 Å². The first-order valence-electron chi connectivity index (χ1n) is 4.77. The summed E-state index contributed by atoms with van der Waals surface area (Å²) in [5.74, 6) is 0. The fraction of sp³-hybridized carbons (Fsp3) is 0.455. The summed E-state index contributed by atoms with van der Waals surface area (Å²) in [4.78, 5) is 0. The van der Waals surface area contributed by atoms with Gasteiger partial charge in [-0.3, -0.25) is 0 Å². The van der Waals surface area contributed by atoms with Crippen molar-refractivity contribution < 1.29 is 0 Å². The molecule has 0 fully saturated rings. The quantitative estimate of drug-likeness (QED) is 0.737. The Kier molecular flexibility index (Phi) is 3.93. The van der Waals surface area contributed by atoms with Gasteiger partial charge in [-0.1, -0.05) is 24.3 Å². The molecule has 0 bridgehead atoms. The van der Waals surface area contributed by atoms with E-state index in [2.05, 4.69) is 19.1 Å². The summed E-state index contributed by atoms with van der Waals surface area (Å²) in [6.07, 6.45) is 1.97. The van der Waals surface area contributed by atoms with Gasteiger partial charge in [-0.15, -0.1) is 0 Å². The second-order valence-electron chi connectivity index (χ2n) is 3.39. The largest absolute Gasteiger partial charge is 0.330 e. The molecule has 2 nitrogen and oxygen atoms in total. The van der Waals surface area contributed by atoms with Gasteiger partial charge < -0.3 is 11.5 Å². The Morgan fingerprint density at radius 3 is 2.62 bits per heavy atom. The Bertz CT molecular complexity index is 258. The van der Waals surface area contributed by atoms with E-state index < -0.39 is 0 Å². The summed E-state index contributed by atoms with van der Waals surface area (Å²) in [5, 5.41) is 0. The molecule has 0 amide bonds. The van der Waals surface area contributed by atoms with Gasteiger partial charge in [-0.25, -0.2) is 0 Å². The van der Waals surface area contributed by atoms with Crippen molar-refractivity contribution in [2.75, 3.05) is 6.54 Å². The minimum absolute atomic E-state index is 0.143. The highest BCUT2D eigenvalue weighted by atomic mass is 14.6. The third-order valence-corrected chi connectivity index (χ3v) is 2.31. The highest BCUT2D eigenvalue weighted by molar-refractivity contribution is 5.28. The molecule has 1 aromatic carbocycles. The first-order valence-corrected chi connectivity index (χ1v) is 4.77. The molecule has 0 aromatic heterocycles. The number of hydrogen-bond acceptors (Lipinski definition) is 2. The van der Waals surface area contributed by atoms with Gasteiger partial charge >= 0.3 is 0 Å². The summed E-state index contributed by atoms with van der Waals surface area (Å²) in [7, 11) is 0. The molecule has 0 saturated heterocycles. The van der Waals surface area contributed by atoms with Gasteiger partial charge in [0.05, 0.1) is 0 Å². The molecule has 13 heavy (non-hydrogen) atoms. The molecule has 0 aliphatic carbocycles. The van der Waals surface area contributed by atoms with Crippen molar-refractivity contribution in [3.05, 3.63) is 35.4 Å². The Morgan fingerprint density at radius 2 is 2.00 bits per heavy atom. The maximum Gasteiger partial charge on any atom is 0.0297 e. The van der Waals surface area contributed by atoms with Crippen molar-refractivity contribution >= 4 is 0 Å². The lowest BCUT2D eigenvalue weighted by atomic mass is 9.98. The Balaban J connectivity index is 2.65. The predicted molar refractivity (Wildman–Crippen MR) is 56.4 cm³/mol. The Hall–Kier alpha value is -0.860. The molecule has 1 atom stereocenters. The van der Waals surface area contributed by atoms with Crippen LogP contribution in [0.3, 0.4) is 0 Å². The lowest BCUT2D eigenvalue weighted by molar-refractivity contribution is 0.615. The zero-order valence-corrected chi connectivity index (χ0v) is 8.16. The first-order chi connectivity index (χ1) is 6.25. The van der Waals surface area contributed by atoms with Crippen LogP contribution in [0.1, 0.15) is 30.0 Å². The van der Waals surface area contributed by atoms with E-state index in [1.165, 1.54) is 11.1 Å². The Morgan fingerprint density at radius 1 is 1.31 bits per heavy atom. The van der Waals surface area contributed by atoms with Crippen LogP contribution in [0.4, 0.5) is 0 Å². The van der Waals surface area contributed by atoms with Crippen molar-refractivity contribution in [1.29, 1.82) is 0 Å². The van der Waals surface area contributed by atoms with Crippen LogP contribution in [0.25, 0.3) is 0 Å². The van der Waals surface area contributed by atoms with E-state index in [-0.39, 0.29) is 6.04 Å². The molecule has 0 saturated carbocycles. The van der Waals surface area contributed by atoms with E-state index in [0.717, 1.165) is 19.4 Å². The molecule has 4 N–H and O–H groups in total. The van der Waals surface area contributed by atoms with Crippen molar-refractivity contribution in [3.63, 3.8) is 0 Å². The summed E-state index contributed by atoms with van der Waals surface area (Å²) in [6, 6.07) is 8.40. The van der Waals surface area contributed by atoms with Gasteiger partial charge in [0.15, 0.2) is 0 Å². The van der Waals surface area contributed by atoms with E-state index in [0.29, 0.717) is 0 Å². The molecule has 1 rings (SSSR count). The maximum absolute atomic E-state index is 6.03. The standard InChI is InChI=1S/C11H18N2/c1-9-5-2-3-6-10(9)11(13)7-4-8-12/h2-3,5-6,11H,4,7-8,12-13H2,1H3. The molecule has 0 aliphatic rings. The molecule has 0 aliphatic heterocycles. The van der Waals surface area contributed by atoms with Crippen LogP contribution in [0, 0.1) is 6.92 Å². The topological polar surface area (TPSA) is 52.0 Å². The fourth-order valence-corrected chi connectivity index (χ4v) is 1.50. The molecular formula is C11H18N2. The number of benzene rings is 1. The van der Waals surface area contributed by atoms with E-state index in [1.807, 2.05) is 12.1 Å². The summed E-state index contributed by atoms with van der Waals surface area (Å²) in [5.41, 5.74) is 14.0. The van der Waals surface area contributed by atoms with Crippen LogP contribution >= 0.6 is 0 Å². The minimum Gasteiger partial charge on any atom is -0.330 e. The first kappa shape index (κ1) is 10.2.